The number of fused-ring (bicyclic) bond motifs is 1. The monoisotopic (exact) mass is 446 g/mol. The van der Waals surface area contributed by atoms with Crippen molar-refractivity contribution in [1.82, 2.24) is 14.5 Å². The molecule has 32 heavy (non-hydrogen) atoms. The van der Waals surface area contributed by atoms with E-state index in [-0.39, 0.29) is 11.6 Å². The smallest absolute Gasteiger partial charge is 0.318 e. The molecule has 0 bridgehead atoms. The number of amides is 2. The molecule has 1 heterocycles. The van der Waals surface area contributed by atoms with Gasteiger partial charge in [-0.25, -0.2) is 9.78 Å². The van der Waals surface area contributed by atoms with Crippen LogP contribution in [0.25, 0.3) is 16.6 Å². The lowest BCUT2D eigenvalue weighted by Crippen LogP contribution is -2.37. The standard InChI is InChI=1S/C25H23ClN4O2/c1-16-20(26)13-9-15-22(16)30-23(28-21-14-8-7-12-19(21)24(30)31)17(2)29(3)25(32)27-18-10-5-4-6-11-18/h4-15,17H,1-3H3,(H,27,32). The summed E-state index contributed by atoms with van der Waals surface area (Å²) in [6.07, 6.45) is 0. The third-order valence-electron chi connectivity index (χ3n) is 5.58. The molecular formula is C25H23ClN4O2. The molecule has 0 saturated carbocycles. The van der Waals surface area contributed by atoms with Gasteiger partial charge in [0, 0.05) is 17.8 Å². The van der Waals surface area contributed by atoms with Crippen molar-refractivity contribution in [3.8, 4) is 5.69 Å². The number of rotatable bonds is 4. The Labute approximate surface area is 191 Å². The number of hydrogen-bond donors (Lipinski definition) is 1. The van der Waals surface area contributed by atoms with Crippen LogP contribution in [-0.4, -0.2) is 27.5 Å². The number of nitrogens with zero attached hydrogens (tertiary/aromatic N) is 3. The summed E-state index contributed by atoms with van der Waals surface area (Å²) in [6.45, 7) is 3.71. The third kappa shape index (κ3) is 3.97. The maximum atomic E-state index is 13.6. The SMILES string of the molecule is Cc1c(Cl)cccc1-n1c(C(C)N(C)C(=O)Nc2ccccc2)nc2ccccc2c1=O. The van der Waals surface area contributed by atoms with Crippen LogP contribution >= 0.6 is 11.6 Å². The highest BCUT2D eigenvalue weighted by molar-refractivity contribution is 6.31. The minimum Gasteiger partial charge on any atom is -0.318 e. The van der Waals surface area contributed by atoms with Crippen LogP contribution < -0.4 is 10.9 Å². The van der Waals surface area contributed by atoms with Crippen molar-refractivity contribution in [2.24, 2.45) is 0 Å². The van der Waals surface area contributed by atoms with E-state index in [4.69, 9.17) is 16.6 Å². The molecule has 3 aromatic carbocycles. The van der Waals surface area contributed by atoms with Crippen LogP contribution in [0.3, 0.4) is 0 Å². The molecule has 0 aliphatic carbocycles. The minimum absolute atomic E-state index is 0.209. The van der Waals surface area contributed by atoms with Crippen LogP contribution in [0.5, 0.6) is 0 Å². The fraction of sp³-hybridized carbons (Fsp3) is 0.160. The average molecular weight is 447 g/mol. The molecule has 162 valence electrons. The van der Waals surface area contributed by atoms with Crippen LogP contribution in [0.2, 0.25) is 5.02 Å². The first-order valence-electron chi connectivity index (χ1n) is 10.2. The highest BCUT2D eigenvalue weighted by atomic mass is 35.5. The van der Waals surface area contributed by atoms with Gasteiger partial charge in [-0.1, -0.05) is 48.0 Å². The number of para-hydroxylation sites is 2. The molecular weight excluding hydrogens is 424 g/mol. The number of anilines is 1. The highest BCUT2D eigenvalue weighted by Crippen LogP contribution is 2.26. The summed E-state index contributed by atoms with van der Waals surface area (Å²) in [4.78, 5) is 32.8. The van der Waals surface area contributed by atoms with Gasteiger partial charge in [0.1, 0.15) is 5.82 Å². The van der Waals surface area contributed by atoms with Gasteiger partial charge in [-0.2, -0.15) is 0 Å². The molecule has 4 rings (SSSR count). The van der Waals surface area contributed by atoms with Gasteiger partial charge in [-0.15, -0.1) is 0 Å². The molecule has 0 spiro atoms. The van der Waals surface area contributed by atoms with E-state index in [0.29, 0.717) is 33.1 Å². The summed E-state index contributed by atoms with van der Waals surface area (Å²) in [5.74, 6) is 0.449. The van der Waals surface area contributed by atoms with E-state index >= 15 is 0 Å². The van der Waals surface area contributed by atoms with E-state index < -0.39 is 6.04 Å². The van der Waals surface area contributed by atoms with Crippen molar-refractivity contribution in [3.05, 3.63) is 99.6 Å². The number of aromatic nitrogens is 2. The lowest BCUT2D eigenvalue weighted by atomic mass is 10.1. The van der Waals surface area contributed by atoms with Crippen molar-refractivity contribution in [3.63, 3.8) is 0 Å². The lowest BCUT2D eigenvalue weighted by molar-refractivity contribution is 0.205. The van der Waals surface area contributed by atoms with Gasteiger partial charge < -0.3 is 10.2 Å². The summed E-state index contributed by atoms with van der Waals surface area (Å²) in [7, 11) is 1.68. The molecule has 7 heteroatoms. The van der Waals surface area contributed by atoms with Crippen LogP contribution in [0.1, 0.15) is 24.4 Å². The minimum atomic E-state index is -0.505. The second-order valence-electron chi connectivity index (χ2n) is 7.59. The number of carbonyl (C=O) groups excluding carboxylic acids is 1. The molecule has 1 N–H and O–H groups in total. The van der Waals surface area contributed by atoms with Crippen LogP contribution in [0, 0.1) is 6.92 Å². The molecule has 6 nitrogen and oxygen atoms in total. The first-order valence-corrected chi connectivity index (χ1v) is 10.6. The third-order valence-corrected chi connectivity index (χ3v) is 5.99. The zero-order valence-electron chi connectivity index (χ0n) is 18.0. The van der Waals surface area contributed by atoms with Gasteiger partial charge in [0.15, 0.2) is 0 Å². The topological polar surface area (TPSA) is 67.2 Å². The summed E-state index contributed by atoms with van der Waals surface area (Å²) >= 11 is 6.36. The summed E-state index contributed by atoms with van der Waals surface area (Å²) in [5, 5.41) is 3.93. The predicted molar refractivity (Wildman–Crippen MR) is 129 cm³/mol. The van der Waals surface area contributed by atoms with Crippen molar-refractivity contribution in [1.29, 1.82) is 0 Å². The van der Waals surface area contributed by atoms with Gasteiger partial charge >= 0.3 is 6.03 Å². The number of hydrogen-bond acceptors (Lipinski definition) is 3. The van der Waals surface area contributed by atoms with Crippen LogP contribution in [-0.2, 0) is 0 Å². The van der Waals surface area contributed by atoms with E-state index in [2.05, 4.69) is 5.32 Å². The molecule has 0 saturated heterocycles. The Bertz CT molecular complexity index is 1350. The zero-order chi connectivity index (χ0) is 22.8. The normalized spacial score (nSPS) is 11.9. The number of nitrogens with one attached hydrogen (secondary N) is 1. The maximum absolute atomic E-state index is 13.6. The van der Waals surface area contributed by atoms with Gasteiger partial charge in [0.2, 0.25) is 0 Å². The van der Waals surface area contributed by atoms with E-state index in [1.54, 1.807) is 35.9 Å². The number of benzene rings is 3. The van der Waals surface area contributed by atoms with Gasteiger partial charge in [-0.3, -0.25) is 9.36 Å². The molecule has 0 fully saturated rings. The zero-order valence-corrected chi connectivity index (χ0v) is 18.8. The quantitative estimate of drug-likeness (QED) is 0.445. The number of urea groups is 1. The van der Waals surface area contributed by atoms with Crippen molar-refractivity contribution >= 4 is 34.2 Å². The summed E-state index contributed by atoms with van der Waals surface area (Å²) < 4.78 is 1.56. The lowest BCUT2D eigenvalue weighted by Gasteiger charge is -2.27. The fourth-order valence-corrected chi connectivity index (χ4v) is 3.75. The first kappa shape index (κ1) is 21.6. The van der Waals surface area contributed by atoms with E-state index in [1.807, 2.05) is 62.4 Å². The Kier molecular flexibility index (Phi) is 5.97. The van der Waals surface area contributed by atoms with Crippen molar-refractivity contribution in [2.75, 3.05) is 12.4 Å². The van der Waals surface area contributed by atoms with Gasteiger partial charge in [-0.05, 0) is 55.8 Å². The Morgan fingerprint density at radius 2 is 1.72 bits per heavy atom. The van der Waals surface area contributed by atoms with Crippen molar-refractivity contribution < 1.29 is 4.79 Å². The summed E-state index contributed by atoms with van der Waals surface area (Å²) in [5.41, 5.74) is 2.45. The molecule has 0 aliphatic heterocycles. The Morgan fingerprint density at radius 1 is 1.03 bits per heavy atom. The number of halogens is 1. The number of carbonyl (C=O) groups is 1. The largest absolute Gasteiger partial charge is 0.322 e. The Hall–Kier alpha value is -3.64. The van der Waals surface area contributed by atoms with Crippen molar-refractivity contribution in [2.45, 2.75) is 19.9 Å². The van der Waals surface area contributed by atoms with Gasteiger partial charge in [0.05, 0.1) is 22.6 Å². The molecule has 4 aromatic rings. The Balaban J connectivity index is 1.84. The van der Waals surface area contributed by atoms with Gasteiger partial charge in [0.25, 0.3) is 5.56 Å². The first-order chi connectivity index (χ1) is 15.4. The molecule has 0 aliphatic rings. The van der Waals surface area contributed by atoms with E-state index in [0.717, 1.165) is 5.56 Å². The Morgan fingerprint density at radius 3 is 2.47 bits per heavy atom. The average Bonchev–Trinajstić information content (AvgIpc) is 2.81. The fourth-order valence-electron chi connectivity index (χ4n) is 3.58. The molecule has 2 amide bonds. The van der Waals surface area contributed by atoms with E-state index in [1.165, 1.54) is 4.90 Å². The second kappa shape index (κ2) is 8.85. The van der Waals surface area contributed by atoms with Crippen LogP contribution in [0.15, 0.2) is 77.6 Å². The summed E-state index contributed by atoms with van der Waals surface area (Å²) in [6, 6.07) is 21.0. The van der Waals surface area contributed by atoms with E-state index in [9.17, 15) is 9.59 Å². The maximum Gasteiger partial charge on any atom is 0.322 e. The van der Waals surface area contributed by atoms with Crippen LogP contribution in [0.4, 0.5) is 10.5 Å². The molecule has 0 radical (unpaired) electrons. The molecule has 1 atom stereocenters. The second-order valence-corrected chi connectivity index (χ2v) is 8.00. The molecule has 1 aromatic heterocycles. The predicted octanol–water partition coefficient (Wildman–Crippen LogP) is 5.57. The molecule has 1 unspecified atom stereocenters. The highest BCUT2D eigenvalue weighted by Gasteiger charge is 2.25.